The van der Waals surface area contributed by atoms with Crippen LogP contribution in [0.3, 0.4) is 0 Å². The molecule has 10 heteroatoms. The predicted molar refractivity (Wildman–Crippen MR) is 160 cm³/mol. The lowest BCUT2D eigenvalue weighted by molar-refractivity contribution is -0.157. The van der Waals surface area contributed by atoms with Crippen molar-refractivity contribution in [2.24, 2.45) is 11.8 Å². The van der Waals surface area contributed by atoms with Crippen LogP contribution in [0.25, 0.3) is 0 Å². The molecule has 2 saturated carbocycles. The Kier molecular flexibility index (Phi) is 14.2. The molecule has 10 nitrogen and oxygen atoms in total. The third-order valence-corrected chi connectivity index (χ3v) is 8.23. The highest BCUT2D eigenvalue weighted by atomic mass is 16.5. The summed E-state index contributed by atoms with van der Waals surface area (Å²) in [4.78, 5) is 26.6. The quantitative estimate of drug-likeness (QED) is 0.176. The lowest BCUT2D eigenvalue weighted by Crippen LogP contribution is -2.48. The van der Waals surface area contributed by atoms with Gasteiger partial charge in [-0.05, 0) is 55.7 Å². The number of carbonyl (C=O) groups excluding carboxylic acids is 2. The fourth-order valence-electron chi connectivity index (χ4n) is 5.36. The normalized spacial score (nSPS) is 18.9. The highest BCUT2D eigenvalue weighted by Gasteiger charge is 2.29. The van der Waals surface area contributed by atoms with Gasteiger partial charge < -0.3 is 39.6 Å². The number of carbonyl (C=O) groups is 2. The van der Waals surface area contributed by atoms with Crippen molar-refractivity contribution in [2.45, 2.75) is 76.4 Å². The summed E-state index contributed by atoms with van der Waals surface area (Å²) in [6.45, 7) is 5.55. The second-order valence-electron chi connectivity index (χ2n) is 11.9. The SMILES string of the molecule is O=C(OC1CCN(C(=O)NCCNCC(O)COc2ccc(CCOCCOCC3CC3)cc2)CC1)C1CCCCC1. The van der Waals surface area contributed by atoms with Gasteiger partial charge in [-0.2, -0.15) is 0 Å². The molecular formula is C32H51N3O7. The summed E-state index contributed by atoms with van der Waals surface area (Å²) in [6.07, 6.45) is 9.40. The Labute approximate surface area is 250 Å². The topological polar surface area (TPSA) is 119 Å². The van der Waals surface area contributed by atoms with Gasteiger partial charge in [0.15, 0.2) is 0 Å². The predicted octanol–water partition coefficient (Wildman–Crippen LogP) is 3.30. The summed E-state index contributed by atoms with van der Waals surface area (Å²) in [5, 5.41) is 16.3. The Balaban J connectivity index is 0.965. The van der Waals surface area contributed by atoms with Gasteiger partial charge >= 0.3 is 12.0 Å². The molecule has 1 saturated heterocycles. The third kappa shape index (κ3) is 12.5. The lowest BCUT2D eigenvalue weighted by Gasteiger charge is -2.32. The van der Waals surface area contributed by atoms with Gasteiger partial charge in [0.2, 0.25) is 0 Å². The van der Waals surface area contributed by atoms with Crippen LogP contribution in [0, 0.1) is 11.8 Å². The van der Waals surface area contributed by atoms with E-state index in [0.717, 1.165) is 44.6 Å². The summed E-state index contributed by atoms with van der Waals surface area (Å²) < 4.78 is 22.7. The fourth-order valence-corrected chi connectivity index (χ4v) is 5.36. The summed E-state index contributed by atoms with van der Waals surface area (Å²) >= 11 is 0. The van der Waals surface area contributed by atoms with Gasteiger partial charge in [0, 0.05) is 52.2 Å². The molecule has 1 unspecified atom stereocenters. The molecule has 2 amide bonds. The smallest absolute Gasteiger partial charge is 0.317 e. The maximum Gasteiger partial charge on any atom is 0.317 e. The number of piperidine rings is 1. The number of urea groups is 1. The third-order valence-electron chi connectivity index (χ3n) is 8.23. The first kappa shape index (κ1) is 32.5. The van der Waals surface area contributed by atoms with Crippen molar-refractivity contribution in [2.75, 3.05) is 65.8 Å². The van der Waals surface area contributed by atoms with Crippen LogP contribution < -0.4 is 15.4 Å². The van der Waals surface area contributed by atoms with Crippen molar-refractivity contribution in [1.82, 2.24) is 15.5 Å². The fraction of sp³-hybridized carbons (Fsp3) is 0.750. The van der Waals surface area contributed by atoms with Crippen LogP contribution in [0.4, 0.5) is 4.79 Å². The van der Waals surface area contributed by atoms with Gasteiger partial charge in [-0.25, -0.2) is 4.79 Å². The minimum atomic E-state index is -0.661. The summed E-state index contributed by atoms with van der Waals surface area (Å²) in [7, 11) is 0. The highest BCUT2D eigenvalue weighted by molar-refractivity contribution is 5.74. The summed E-state index contributed by atoms with van der Waals surface area (Å²) in [6, 6.07) is 7.75. The van der Waals surface area contributed by atoms with E-state index in [-0.39, 0.29) is 30.6 Å². The molecule has 3 fully saturated rings. The standard InChI is InChI=1S/C32H51N3O7/c36-28(24-41-29-10-8-25(9-11-29)14-19-39-20-21-40-23-26-6-7-26)22-33-15-16-34-32(38)35-17-12-30(13-18-35)42-31(37)27-4-2-1-3-5-27/h8-11,26-28,30,33,36H,1-7,12-24H2,(H,34,38). The number of hydrogen-bond donors (Lipinski definition) is 3. The average molecular weight is 590 g/mol. The number of esters is 1. The maximum absolute atomic E-state index is 12.5. The van der Waals surface area contributed by atoms with Crippen molar-refractivity contribution in [1.29, 1.82) is 0 Å². The number of aliphatic hydroxyl groups excluding tert-OH is 1. The summed E-state index contributed by atoms with van der Waals surface area (Å²) in [5.74, 6) is 1.51. The Morgan fingerprint density at radius 1 is 0.905 bits per heavy atom. The molecular weight excluding hydrogens is 538 g/mol. The van der Waals surface area contributed by atoms with Crippen molar-refractivity contribution in [3.8, 4) is 5.75 Å². The van der Waals surface area contributed by atoms with E-state index in [4.69, 9.17) is 18.9 Å². The van der Waals surface area contributed by atoms with Crippen LogP contribution in [0.15, 0.2) is 24.3 Å². The molecule has 236 valence electrons. The molecule has 42 heavy (non-hydrogen) atoms. The van der Waals surface area contributed by atoms with Gasteiger partial charge in [0.05, 0.1) is 25.7 Å². The molecule has 0 aromatic heterocycles. The minimum absolute atomic E-state index is 0.0495. The number of aliphatic hydroxyl groups is 1. The monoisotopic (exact) mass is 589 g/mol. The van der Waals surface area contributed by atoms with Crippen molar-refractivity contribution < 1.29 is 33.6 Å². The average Bonchev–Trinajstić information content (AvgIpc) is 3.85. The zero-order chi connectivity index (χ0) is 29.4. The van der Waals surface area contributed by atoms with Crippen LogP contribution in [0.1, 0.15) is 63.4 Å². The first-order valence-electron chi connectivity index (χ1n) is 16.1. The first-order valence-corrected chi connectivity index (χ1v) is 16.1. The van der Waals surface area contributed by atoms with E-state index in [1.54, 1.807) is 4.90 Å². The first-order chi connectivity index (χ1) is 20.6. The highest BCUT2D eigenvalue weighted by Crippen LogP contribution is 2.28. The number of ether oxygens (including phenoxy) is 4. The van der Waals surface area contributed by atoms with E-state index < -0.39 is 6.10 Å². The number of hydrogen-bond acceptors (Lipinski definition) is 8. The zero-order valence-electron chi connectivity index (χ0n) is 25.1. The molecule has 3 aliphatic rings. The number of nitrogens with zero attached hydrogens (tertiary/aromatic N) is 1. The van der Waals surface area contributed by atoms with Crippen molar-refractivity contribution in [3.05, 3.63) is 29.8 Å². The van der Waals surface area contributed by atoms with Gasteiger partial charge in [-0.15, -0.1) is 0 Å². The number of likely N-dealkylation sites (tertiary alicyclic amines) is 1. The maximum atomic E-state index is 12.5. The Morgan fingerprint density at radius 2 is 1.64 bits per heavy atom. The van der Waals surface area contributed by atoms with Gasteiger partial charge in [0.25, 0.3) is 0 Å². The molecule has 0 spiro atoms. The van der Waals surface area contributed by atoms with Gasteiger partial charge in [0.1, 0.15) is 24.6 Å². The number of nitrogens with one attached hydrogen (secondary N) is 2. The molecule has 0 radical (unpaired) electrons. The van der Waals surface area contributed by atoms with Crippen LogP contribution in [-0.4, -0.2) is 100.0 Å². The van der Waals surface area contributed by atoms with E-state index in [9.17, 15) is 14.7 Å². The number of rotatable bonds is 18. The molecule has 4 rings (SSSR count). The Hall–Kier alpha value is -2.40. The van der Waals surface area contributed by atoms with Crippen LogP contribution in [-0.2, 0) is 25.4 Å². The Bertz CT molecular complexity index is 913. The molecule has 1 atom stereocenters. The second-order valence-corrected chi connectivity index (χ2v) is 11.9. The molecule has 1 aliphatic heterocycles. The van der Waals surface area contributed by atoms with Gasteiger partial charge in [-0.3, -0.25) is 4.79 Å². The van der Waals surface area contributed by atoms with Crippen LogP contribution >= 0.6 is 0 Å². The number of benzene rings is 1. The molecule has 0 bridgehead atoms. The largest absolute Gasteiger partial charge is 0.491 e. The van der Waals surface area contributed by atoms with E-state index in [2.05, 4.69) is 10.6 Å². The van der Waals surface area contributed by atoms with E-state index in [1.807, 2.05) is 24.3 Å². The van der Waals surface area contributed by atoms with E-state index in [0.29, 0.717) is 71.1 Å². The molecule has 3 N–H and O–H groups in total. The van der Waals surface area contributed by atoms with E-state index >= 15 is 0 Å². The number of amides is 2. The molecule has 1 heterocycles. The van der Waals surface area contributed by atoms with Crippen LogP contribution in [0.5, 0.6) is 5.75 Å². The van der Waals surface area contributed by atoms with Gasteiger partial charge in [-0.1, -0.05) is 31.4 Å². The second kappa shape index (κ2) is 18.3. The van der Waals surface area contributed by atoms with Crippen molar-refractivity contribution >= 4 is 12.0 Å². The van der Waals surface area contributed by atoms with Crippen molar-refractivity contribution in [3.63, 3.8) is 0 Å². The molecule has 2 aliphatic carbocycles. The Morgan fingerprint density at radius 3 is 2.38 bits per heavy atom. The summed E-state index contributed by atoms with van der Waals surface area (Å²) in [5.41, 5.74) is 1.17. The minimum Gasteiger partial charge on any atom is -0.491 e. The lowest BCUT2D eigenvalue weighted by atomic mass is 9.89. The zero-order valence-corrected chi connectivity index (χ0v) is 25.1. The van der Waals surface area contributed by atoms with Crippen LogP contribution in [0.2, 0.25) is 0 Å². The molecule has 1 aromatic carbocycles. The van der Waals surface area contributed by atoms with E-state index in [1.165, 1.54) is 24.8 Å². The molecule has 1 aromatic rings.